The molecular weight excluding hydrogens is 490 g/mol. The SMILES string of the molecule is CN1C(=O)CCCc2cc(Nc3ncc(Cl)c(Nc4ccc(N5CCCCC5)cc4C(N)=O)n3)ccc21. The number of anilines is 6. The van der Waals surface area contributed by atoms with E-state index in [0.29, 0.717) is 34.5 Å². The number of hydrogen-bond donors (Lipinski definition) is 3. The standard InChI is InChI=1S/C27H30ClN7O2/c1-34-23-11-8-18(14-17(23)6-5-7-24(34)36)31-27-30-16-21(28)26(33-27)32-22-10-9-19(15-20(22)25(29)37)35-12-3-2-4-13-35/h8-11,14-16H,2-7,12-13H2,1H3,(H2,29,37)(H2,30,31,32,33). The molecule has 2 aliphatic heterocycles. The lowest BCUT2D eigenvalue weighted by Gasteiger charge is -2.29. The van der Waals surface area contributed by atoms with Gasteiger partial charge < -0.3 is 26.2 Å². The summed E-state index contributed by atoms with van der Waals surface area (Å²) in [5, 5.41) is 6.69. The Morgan fingerprint density at radius 2 is 1.84 bits per heavy atom. The Morgan fingerprint density at radius 3 is 2.62 bits per heavy atom. The van der Waals surface area contributed by atoms with E-state index in [9.17, 15) is 9.59 Å². The molecule has 0 radical (unpaired) electrons. The summed E-state index contributed by atoms with van der Waals surface area (Å²) < 4.78 is 0. The summed E-state index contributed by atoms with van der Waals surface area (Å²) in [7, 11) is 1.80. The van der Waals surface area contributed by atoms with Crippen molar-refractivity contribution in [2.24, 2.45) is 5.73 Å². The molecule has 0 saturated carbocycles. The Labute approximate surface area is 221 Å². The summed E-state index contributed by atoms with van der Waals surface area (Å²) in [5.74, 6) is 0.289. The van der Waals surface area contributed by atoms with Crippen molar-refractivity contribution in [3.8, 4) is 0 Å². The minimum Gasteiger partial charge on any atom is -0.372 e. The Balaban J connectivity index is 1.38. The van der Waals surface area contributed by atoms with Crippen LogP contribution in [0.5, 0.6) is 0 Å². The summed E-state index contributed by atoms with van der Waals surface area (Å²) in [6.45, 7) is 1.93. The first-order valence-electron chi connectivity index (χ1n) is 12.5. The average molecular weight is 520 g/mol. The number of benzene rings is 2. The second kappa shape index (κ2) is 10.6. The highest BCUT2D eigenvalue weighted by Gasteiger charge is 2.20. The van der Waals surface area contributed by atoms with Crippen molar-refractivity contribution in [2.75, 3.05) is 40.6 Å². The molecule has 0 spiro atoms. The molecule has 5 rings (SSSR count). The van der Waals surface area contributed by atoms with Crippen molar-refractivity contribution in [2.45, 2.75) is 38.5 Å². The molecular formula is C27H30ClN7O2. The van der Waals surface area contributed by atoms with Crippen LogP contribution in [0.3, 0.4) is 0 Å². The minimum atomic E-state index is -0.529. The lowest BCUT2D eigenvalue weighted by atomic mass is 10.1. The normalized spacial score (nSPS) is 15.7. The zero-order valence-electron chi connectivity index (χ0n) is 20.8. The number of halogens is 1. The Hall–Kier alpha value is -3.85. The van der Waals surface area contributed by atoms with Gasteiger partial charge in [-0.05, 0) is 74.1 Å². The van der Waals surface area contributed by atoms with Crippen LogP contribution in [0.2, 0.25) is 5.02 Å². The minimum absolute atomic E-state index is 0.121. The van der Waals surface area contributed by atoms with Crippen LogP contribution in [-0.2, 0) is 11.2 Å². The van der Waals surface area contributed by atoms with Crippen LogP contribution in [0.25, 0.3) is 0 Å². The fourth-order valence-electron chi connectivity index (χ4n) is 4.89. The third kappa shape index (κ3) is 5.46. The second-order valence-electron chi connectivity index (χ2n) is 9.43. The van der Waals surface area contributed by atoms with E-state index in [2.05, 4.69) is 25.5 Å². The van der Waals surface area contributed by atoms with E-state index in [-0.39, 0.29) is 5.91 Å². The zero-order valence-corrected chi connectivity index (χ0v) is 21.5. The van der Waals surface area contributed by atoms with E-state index in [0.717, 1.165) is 61.4 Å². The number of primary amides is 1. The molecule has 0 bridgehead atoms. The maximum absolute atomic E-state index is 12.3. The number of piperidine rings is 1. The van der Waals surface area contributed by atoms with E-state index < -0.39 is 5.91 Å². The number of nitrogens with two attached hydrogens (primary N) is 1. The van der Waals surface area contributed by atoms with Gasteiger partial charge in [-0.1, -0.05) is 11.6 Å². The van der Waals surface area contributed by atoms with E-state index in [1.807, 2.05) is 36.4 Å². The molecule has 2 amide bonds. The first-order valence-corrected chi connectivity index (χ1v) is 12.9. The topological polar surface area (TPSA) is 116 Å². The molecule has 3 aromatic rings. The number of aromatic nitrogens is 2. The van der Waals surface area contributed by atoms with Gasteiger partial charge in [-0.25, -0.2) is 4.98 Å². The lowest BCUT2D eigenvalue weighted by molar-refractivity contribution is -0.118. The molecule has 37 heavy (non-hydrogen) atoms. The first kappa shape index (κ1) is 24.8. The molecule has 4 N–H and O–H groups in total. The molecule has 2 aromatic carbocycles. The summed E-state index contributed by atoms with van der Waals surface area (Å²) in [5.41, 5.74) is 10.4. The lowest BCUT2D eigenvalue weighted by Crippen LogP contribution is -2.29. The van der Waals surface area contributed by atoms with Crippen LogP contribution < -0.4 is 26.2 Å². The third-order valence-electron chi connectivity index (χ3n) is 6.89. The molecule has 0 atom stereocenters. The number of amides is 2. The molecule has 1 fully saturated rings. The van der Waals surface area contributed by atoms with Crippen LogP contribution in [0.15, 0.2) is 42.6 Å². The smallest absolute Gasteiger partial charge is 0.250 e. The van der Waals surface area contributed by atoms with Gasteiger partial charge in [-0.15, -0.1) is 0 Å². The van der Waals surface area contributed by atoms with Gasteiger partial charge in [0.2, 0.25) is 11.9 Å². The summed E-state index contributed by atoms with van der Waals surface area (Å²) in [6.07, 6.45) is 7.16. The van der Waals surface area contributed by atoms with Gasteiger partial charge in [0, 0.05) is 43.6 Å². The van der Waals surface area contributed by atoms with Gasteiger partial charge in [0.1, 0.15) is 5.02 Å². The summed E-state index contributed by atoms with van der Waals surface area (Å²) in [6, 6.07) is 11.5. The van der Waals surface area contributed by atoms with Crippen molar-refractivity contribution >= 4 is 57.9 Å². The number of nitrogens with one attached hydrogen (secondary N) is 2. The van der Waals surface area contributed by atoms with E-state index in [4.69, 9.17) is 17.3 Å². The van der Waals surface area contributed by atoms with E-state index >= 15 is 0 Å². The number of hydrogen-bond acceptors (Lipinski definition) is 7. The predicted molar refractivity (Wildman–Crippen MR) is 147 cm³/mol. The van der Waals surface area contributed by atoms with Crippen LogP contribution >= 0.6 is 11.6 Å². The monoisotopic (exact) mass is 519 g/mol. The van der Waals surface area contributed by atoms with Crippen LogP contribution in [-0.4, -0.2) is 41.9 Å². The van der Waals surface area contributed by atoms with E-state index in [1.54, 1.807) is 11.9 Å². The molecule has 192 valence electrons. The Bertz CT molecular complexity index is 1340. The average Bonchev–Trinajstić information content (AvgIpc) is 3.04. The number of carbonyl (C=O) groups excluding carboxylic acids is 2. The maximum atomic E-state index is 12.3. The first-order chi connectivity index (χ1) is 17.9. The molecule has 2 aliphatic rings. The highest BCUT2D eigenvalue weighted by Crippen LogP contribution is 2.32. The van der Waals surface area contributed by atoms with Crippen molar-refractivity contribution in [1.82, 2.24) is 9.97 Å². The van der Waals surface area contributed by atoms with Crippen LogP contribution in [0.1, 0.15) is 48.0 Å². The van der Waals surface area contributed by atoms with Crippen LogP contribution in [0.4, 0.5) is 34.5 Å². The summed E-state index contributed by atoms with van der Waals surface area (Å²) >= 11 is 6.40. The molecule has 10 heteroatoms. The van der Waals surface area contributed by atoms with Gasteiger partial charge in [0.05, 0.1) is 17.4 Å². The fraction of sp³-hybridized carbons (Fsp3) is 0.333. The second-order valence-corrected chi connectivity index (χ2v) is 9.84. The molecule has 1 saturated heterocycles. The molecule has 0 aliphatic carbocycles. The van der Waals surface area contributed by atoms with Crippen molar-refractivity contribution in [1.29, 1.82) is 0 Å². The highest BCUT2D eigenvalue weighted by atomic mass is 35.5. The van der Waals surface area contributed by atoms with Crippen molar-refractivity contribution < 1.29 is 9.59 Å². The molecule has 9 nitrogen and oxygen atoms in total. The largest absolute Gasteiger partial charge is 0.372 e. The number of rotatable bonds is 6. The van der Waals surface area contributed by atoms with Gasteiger partial charge in [-0.2, -0.15) is 4.98 Å². The molecule has 0 unspecified atom stereocenters. The van der Waals surface area contributed by atoms with Crippen molar-refractivity contribution in [3.05, 3.63) is 58.7 Å². The van der Waals surface area contributed by atoms with Gasteiger partial charge in [0.25, 0.3) is 5.91 Å². The summed E-state index contributed by atoms with van der Waals surface area (Å²) in [4.78, 5) is 37.3. The van der Waals surface area contributed by atoms with Crippen molar-refractivity contribution in [3.63, 3.8) is 0 Å². The zero-order chi connectivity index (χ0) is 25.9. The third-order valence-corrected chi connectivity index (χ3v) is 7.17. The number of aryl methyl sites for hydroxylation is 1. The maximum Gasteiger partial charge on any atom is 0.250 e. The highest BCUT2D eigenvalue weighted by molar-refractivity contribution is 6.33. The predicted octanol–water partition coefficient (Wildman–Crippen LogP) is 5.01. The van der Waals surface area contributed by atoms with Gasteiger partial charge in [0.15, 0.2) is 5.82 Å². The Kier molecular flexibility index (Phi) is 7.14. The van der Waals surface area contributed by atoms with Gasteiger partial charge in [-0.3, -0.25) is 9.59 Å². The molecule has 1 aromatic heterocycles. The quantitative estimate of drug-likeness (QED) is 0.419. The molecule has 3 heterocycles. The van der Waals surface area contributed by atoms with E-state index in [1.165, 1.54) is 12.6 Å². The number of carbonyl (C=O) groups is 2. The fourth-order valence-corrected chi connectivity index (χ4v) is 5.03. The number of nitrogens with zero attached hydrogens (tertiary/aromatic N) is 4. The van der Waals surface area contributed by atoms with Gasteiger partial charge >= 0.3 is 0 Å². The number of fused-ring (bicyclic) bond motifs is 1. The van der Waals surface area contributed by atoms with Crippen LogP contribution in [0, 0.1) is 0 Å². The Morgan fingerprint density at radius 1 is 1.03 bits per heavy atom.